The number of carbonyl (C=O) groups is 2. The van der Waals surface area contributed by atoms with Gasteiger partial charge in [0.15, 0.2) is 5.78 Å². The van der Waals surface area contributed by atoms with Gasteiger partial charge in [0.05, 0.1) is 11.3 Å². The minimum Gasteiger partial charge on any atom is -0.481 e. The monoisotopic (exact) mass is 316 g/mol. The zero-order chi connectivity index (χ0) is 14.8. The molecule has 21 heavy (non-hydrogen) atoms. The molecule has 0 unspecified atom stereocenters. The van der Waals surface area contributed by atoms with E-state index in [1.165, 1.54) is 21.4 Å². The molecule has 0 aliphatic carbocycles. The van der Waals surface area contributed by atoms with Crippen molar-refractivity contribution in [2.75, 3.05) is 0 Å². The van der Waals surface area contributed by atoms with E-state index in [4.69, 9.17) is 5.11 Å². The third-order valence-corrected chi connectivity index (χ3v) is 5.17. The Morgan fingerprint density at radius 2 is 1.86 bits per heavy atom. The second kappa shape index (κ2) is 5.79. The highest BCUT2D eigenvalue weighted by molar-refractivity contribution is 7.18. The second-order valence-electron chi connectivity index (χ2n) is 4.66. The SMILES string of the molecule is O=C(O)CCC(=O)c1cc(-c2csc3ccccc23)cs1. The maximum Gasteiger partial charge on any atom is 0.303 e. The zero-order valence-corrected chi connectivity index (χ0v) is 12.7. The quantitative estimate of drug-likeness (QED) is 0.695. The Morgan fingerprint density at radius 3 is 2.67 bits per heavy atom. The number of ketones is 1. The summed E-state index contributed by atoms with van der Waals surface area (Å²) in [6, 6.07) is 10.0. The van der Waals surface area contributed by atoms with Gasteiger partial charge in [-0.3, -0.25) is 9.59 Å². The maximum atomic E-state index is 11.9. The van der Waals surface area contributed by atoms with Crippen molar-refractivity contribution in [3.8, 4) is 11.1 Å². The van der Waals surface area contributed by atoms with Crippen molar-refractivity contribution >= 4 is 44.5 Å². The molecule has 5 heteroatoms. The summed E-state index contributed by atoms with van der Waals surface area (Å²) in [4.78, 5) is 23.1. The standard InChI is InChI=1S/C16H12O3S2/c17-13(5-6-16(18)19)15-7-10(8-20-15)12-9-21-14-4-2-1-3-11(12)14/h1-4,7-9H,5-6H2,(H,18,19). The van der Waals surface area contributed by atoms with Crippen molar-refractivity contribution in [3.05, 3.63) is 46.0 Å². The Hall–Kier alpha value is -1.98. The second-order valence-corrected chi connectivity index (χ2v) is 6.48. The molecule has 0 bridgehead atoms. The molecular weight excluding hydrogens is 304 g/mol. The van der Waals surface area contributed by atoms with Gasteiger partial charge in [-0.2, -0.15) is 0 Å². The first-order valence-electron chi connectivity index (χ1n) is 6.45. The number of carboxylic acid groups (broad SMARTS) is 1. The zero-order valence-electron chi connectivity index (χ0n) is 11.0. The van der Waals surface area contributed by atoms with Gasteiger partial charge in [-0.15, -0.1) is 22.7 Å². The van der Waals surface area contributed by atoms with Crippen molar-refractivity contribution in [2.45, 2.75) is 12.8 Å². The van der Waals surface area contributed by atoms with Gasteiger partial charge in [0.1, 0.15) is 0 Å². The van der Waals surface area contributed by atoms with Crippen LogP contribution in [0.2, 0.25) is 0 Å². The average Bonchev–Trinajstić information content (AvgIpc) is 3.10. The molecular formula is C16H12O3S2. The van der Waals surface area contributed by atoms with Crippen LogP contribution in [0, 0.1) is 0 Å². The Labute approximate surface area is 129 Å². The third-order valence-electron chi connectivity index (χ3n) is 3.23. The van der Waals surface area contributed by atoms with E-state index in [1.807, 2.05) is 23.6 Å². The van der Waals surface area contributed by atoms with Crippen LogP contribution in [0.15, 0.2) is 41.1 Å². The molecule has 2 heterocycles. The Bertz CT molecular complexity index is 814. The number of aliphatic carboxylic acids is 1. The predicted molar refractivity (Wildman–Crippen MR) is 86.3 cm³/mol. The molecule has 3 rings (SSSR count). The molecule has 3 nitrogen and oxygen atoms in total. The fourth-order valence-corrected chi connectivity index (χ4v) is 4.02. The lowest BCUT2D eigenvalue weighted by atomic mass is 10.1. The van der Waals surface area contributed by atoms with Crippen LogP contribution in [-0.2, 0) is 4.79 Å². The van der Waals surface area contributed by atoms with E-state index >= 15 is 0 Å². The molecule has 0 fully saturated rings. The molecule has 0 radical (unpaired) electrons. The van der Waals surface area contributed by atoms with Gasteiger partial charge >= 0.3 is 5.97 Å². The molecule has 0 amide bonds. The Kier molecular flexibility index (Phi) is 3.86. The van der Waals surface area contributed by atoms with Gasteiger partial charge in [0, 0.05) is 22.1 Å². The molecule has 0 aliphatic rings. The van der Waals surface area contributed by atoms with Crippen LogP contribution < -0.4 is 0 Å². The third kappa shape index (κ3) is 2.89. The van der Waals surface area contributed by atoms with Crippen LogP contribution in [0.3, 0.4) is 0 Å². The minimum absolute atomic E-state index is 0.0552. The summed E-state index contributed by atoms with van der Waals surface area (Å²) >= 11 is 3.06. The summed E-state index contributed by atoms with van der Waals surface area (Å²) in [7, 11) is 0. The summed E-state index contributed by atoms with van der Waals surface area (Å²) < 4.78 is 1.22. The van der Waals surface area contributed by atoms with Crippen LogP contribution in [-0.4, -0.2) is 16.9 Å². The Morgan fingerprint density at radius 1 is 1.05 bits per heavy atom. The van der Waals surface area contributed by atoms with E-state index in [0.717, 1.165) is 11.1 Å². The largest absolute Gasteiger partial charge is 0.481 e. The minimum atomic E-state index is -0.941. The number of thiophene rings is 2. The first-order valence-corrected chi connectivity index (χ1v) is 8.21. The molecule has 3 aromatic rings. The molecule has 1 aromatic carbocycles. The molecule has 106 valence electrons. The molecule has 0 atom stereocenters. The van der Waals surface area contributed by atoms with Crippen molar-refractivity contribution < 1.29 is 14.7 Å². The van der Waals surface area contributed by atoms with Gasteiger partial charge < -0.3 is 5.11 Å². The first-order chi connectivity index (χ1) is 10.1. The molecule has 0 spiro atoms. The number of carbonyl (C=O) groups excluding carboxylic acids is 1. The normalized spacial score (nSPS) is 10.9. The molecule has 0 aliphatic heterocycles. The number of fused-ring (bicyclic) bond motifs is 1. The van der Waals surface area contributed by atoms with E-state index in [1.54, 1.807) is 11.3 Å². The summed E-state index contributed by atoms with van der Waals surface area (Å²) in [5.41, 5.74) is 2.15. The lowest BCUT2D eigenvalue weighted by Crippen LogP contribution is -2.01. The van der Waals surface area contributed by atoms with E-state index in [9.17, 15) is 9.59 Å². The highest BCUT2D eigenvalue weighted by Gasteiger charge is 2.13. The number of hydrogen-bond acceptors (Lipinski definition) is 4. The van der Waals surface area contributed by atoms with Crippen molar-refractivity contribution in [1.82, 2.24) is 0 Å². The molecule has 0 saturated carbocycles. The van der Waals surface area contributed by atoms with Crippen LogP contribution in [0.5, 0.6) is 0 Å². The van der Waals surface area contributed by atoms with Crippen molar-refractivity contribution in [2.24, 2.45) is 0 Å². The van der Waals surface area contributed by atoms with Gasteiger partial charge in [-0.1, -0.05) is 18.2 Å². The van der Waals surface area contributed by atoms with Crippen molar-refractivity contribution in [3.63, 3.8) is 0 Å². The molecule has 2 aromatic heterocycles. The molecule has 1 N–H and O–H groups in total. The average molecular weight is 316 g/mol. The van der Waals surface area contributed by atoms with Gasteiger partial charge in [-0.25, -0.2) is 0 Å². The lowest BCUT2D eigenvalue weighted by Gasteiger charge is -1.95. The predicted octanol–water partition coefficient (Wildman–Crippen LogP) is 4.68. The summed E-state index contributed by atoms with van der Waals surface area (Å²) in [5, 5.41) is 13.9. The summed E-state index contributed by atoms with van der Waals surface area (Å²) in [6.07, 6.45) is -0.0624. The summed E-state index contributed by atoms with van der Waals surface area (Å²) in [6.45, 7) is 0. The van der Waals surface area contributed by atoms with E-state index in [2.05, 4.69) is 17.5 Å². The van der Waals surface area contributed by atoms with Crippen LogP contribution in [0.25, 0.3) is 21.2 Å². The molecule has 0 saturated heterocycles. The van der Waals surface area contributed by atoms with Crippen LogP contribution in [0.1, 0.15) is 22.5 Å². The van der Waals surface area contributed by atoms with Crippen LogP contribution in [0.4, 0.5) is 0 Å². The lowest BCUT2D eigenvalue weighted by molar-refractivity contribution is -0.136. The first kappa shape index (κ1) is 14.0. The Balaban J connectivity index is 1.88. The highest BCUT2D eigenvalue weighted by Crippen LogP contribution is 2.36. The van der Waals surface area contributed by atoms with E-state index < -0.39 is 5.97 Å². The highest BCUT2D eigenvalue weighted by atomic mass is 32.1. The number of rotatable bonds is 5. The summed E-state index contributed by atoms with van der Waals surface area (Å²) in [5.74, 6) is -1.04. The number of carboxylic acids is 1. The van der Waals surface area contributed by atoms with Gasteiger partial charge in [0.25, 0.3) is 0 Å². The topological polar surface area (TPSA) is 54.4 Å². The van der Waals surface area contributed by atoms with E-state index in [-0.39, 0.29) is 18.6 Å². The van der Waals surface area contributed by atoms with E-state index in [0.29, 0.717) is 4.88 Å². The maximum absolute atomic E-state index is 11.9. The fourth-order valence-electron chi connectivity index (χ4n) is 2.17. The smallest absolute Gasteiger partial charge is 0.303 e. The number of benzene rings is 1. The van der Waals surface area contributed by atoms with Crippen LogP contribution >= 0.6 is 22.7 Å². The fraction of sp³-hybridized carbons (Fsp3) is 0.125. The number of Topliss-reactive ketones (excluding diaryl/α,β-unsaturated/α-hetero) is 1. The number of hydrogen-bond donors (Lipinski definition) is 1. The van der Waals surface area contributed by atoms with Gasteiger partial charge in [0.2, 0.25) is 0 Å². The van der Waals surface area contributed by atoms with Crippen molar-refractivity contribution in [1.29, 1.82) is 0 Å². The van der Waals surface area contributed by atoms with Gasteiger partial charge in [-0.05, 0) is 28.5 Å².